The van der Waals surface area contributed by atoms with E-state index in [2.05, 4.69) is 4.72 Å². The monoisotopic (exact) mass is 315 g/mol. The van der Waals surface area contributed by atoms with Crippen LogP contribution in [0.5, 0.6) is 0 Å². The Balaban J connectivity index is 2.45. The van der Waals surface area contributed by atoms with Crippen LogP contribution in [-0.4, -0.2) is 31.6 Å². The normalized spacial score (nSPS) is 25.9. The van der Waals surface area contributed by atoms with E-state index < -0.39 is 31.1 Å². The molecule has 2 atom stereocenters. The van der Waals surface area contributed by atoms with Gasteiger partial charge in [0.15, 0.2) is 4.90 Å². The molecule has 1 aromatic carbocycles. The van der Waals surface area contributed by atoms with Gasteiger partial charge in [-0.1, -0.05) is 0 Å². The maximum absolute atomic E-state index is 12.5. The number of rotatable bonds is 4. The van der Waals surface area contributed by atoms with Gasteiger partial charge in [-0.2, -0.15) is 0 Å². The lowest BCUT2D eigenvalue weighted by Crippen LogP contribution is -2.50. The zero-order valence-corrected chi connectivity index (χ0v) is 12.5. The highest BCUT2D eigenvalue weighted by Gasteiger charge is 2.42. The van der Waals surface area contributed by atoms with Crippen LogP contribution < -0.4 is 10.5 Å². The molecule has 2 rings (SSSR count). The molecule has 8 nitrogen and oxygen atoms in total. The van der Waals surface area contributed by atoms with Crippen molar-refractivity contribution in [2.75, 3.05) is 12.3 Å². The number of nitro benzene ring substituents is 1. The molecule has 2 unspecified atom stereocenters. The summed E-state index contributed by atoms with van der Waals surface area (Å²) in [5.41, 5.74) is 4.38. The molecular formula is C12H17N3O5S. The Kier molecular flexibility index (Phi) is 3.91. The largest absolute Gasteiger partial charge is 0.399 e. The second-order valence-corrected chi connectivity index (χ2v) is 6.92. The summed E-state index contributed by atoms with van der Waals surface area (Å²) in [5.74, 6) is 0. The van der Waals surface area contributed by atoms with Gasteiger partial charge in [-0.3, -0.25) is 10.1 Å². The van der Waals surface area contributed by atoms with E-state index in [1.807, 2.05) is 0 Å². The maximum Gasteiger partial charge on any atom is 0.289 e. The van der Waals surface area contributed by atoms with Gasteiger partial charge in [0.05, 0.1) is 16.6 Å². The zero-order chi connectivity index (χ0) is 15.8. The molecular weight excluding hydrogens is 298 g/mol. The Hall–Kier alpha value is -1.71. The van der Waals surface area contributed by atoms with Crippen molar-refractivity contribution in [3.8, 4) is 0 Å². The van der Waals surface area contributed by atoms with Crippen LogP contribution in [0.3, 0.4) is 0 Å². The van der Waals surface area contributed by atoms with E-state index in [0.717, 1.165) is 12.1 Å². The van der Waals surface area contributed by atoms with Crippen molar-refractivity contribution in [3.63, 3.8) is 0 Å². The predicted octanol–water partition coefficient (Wildman–Crippen LogP) is 1.02. The van der Waals surface area contributed by atoms with E-state index in [9.17, 15) is 18.5 Å². The average molecular weight is 315 g/mol. The molecule has 0 aliphatic carbocycles. The summed E-state index contributed by atoms with van der Waals surface area (Å²) < 4.78 is 32.9. The van der Waals surface area contributed by atoms with Gasteiger partial charge in [0.25, 0.3) is 5.69 Å². The second-order valence-electron chi connectivity index (χ2n) is 5.27. The van der Waals surface area contributed by atoms with E-state index in [4.69, 9.17) is 10.5 Å². The highest BCUT2D eigenvalue weighted by atomic mass is 32.2. The topological polar surface area (TPSA) is 125 Å². The van der Waals surface area contributed by atoms with Gasteiger partial charge in [0.1, 0.15) is 0 Å². The van der Waals surface area contributed by atoms with Crippen LogP contribution >= 0.6 is 0 Å². The summed E-state index contributed by atoms with van der Waals surface area (Å²) in [5, 5.41) is 11.0. The van der Waals surface area contributed by atoms with Gasteiger partial charge in [-0.25, -0.2) is 13.1 Å². The van der Waals surface area contributed by atoms with Crippen LogP contribution in [0.4, 0.5) is 11.4 Å². The Labute approximate surface area is 122 Å². The van der Waals surface area contributed by atoms with Crippen molar-refractivity contribution in [3.05, 3.63) is 28.3 Å². The molecule has 21 heavy (non-hydrogen) atoms. The van der Waals surface area contributed by atoms with Gasteiger partial charge < -0.3 is 10.5 Å². The fourth-order valence-corrected chi connectivity index (χ4v) is 3.93. The summed E-state index contributed by atoms with van der Waals surface area (Å²) in [6.07, 6.45) is 0.163. The Morgan fingerprint density at radius 2 is 2.19 bits per heavy atom. The van der Waals surface area contributed by atoms with Crippen LogP contribution in [0.1, 0.15) is 20.3 Å². The maximum atomic E-state index is 12.5. The number of anilines is 1. The van der Waals surface area contributed by atoms with Crippen molar-refractivity contribution >= 4 is 21.4 Å². The fraction of sp³-hybridized carbons (Fsp3) is 0.500. The van der Waals surface area contributed by atoms with Gasteiger partial charge in [0.2, 0.25) is 10.0 Å². The third-order valence-electron chi connectivity index (χ3n) is 3.72. The number of nitro groups is 1. The molecule has 1 fully saturated rings. The molecule has 116 valence electrons. The quantitative estimate of drug-likeness (QED) is 0.485. The highest BCUT2D eigenvalue weighted by molar-refractivity contribution is 7.89. The summed E-state index contributed by atoms with van der Waals surface area (Å²) in [7, 11) is -4.08. The van der Waals surface area contributed by atoms with Gasteiger partial charge in [-0.05, 0) is 32.4 Å². The van der Waals surface area contributed by atoms with Crippen LogP contribution in [0.15, 0.2) is 23.1 Å². The average Bonchev–Trinajstić information content (AvgIpc) is 2.68. The second kappa shape index (κ2) is 5.24. The minimum absolute atomic E-state index is 0.141. The van der Waals surface area contributed by atoms with E-state index >= 15 is 0 Å². The number of nitrogen functional groups attached to an aromatic ring is 1. The summed E-state index contributed by atoms with van der Waals surface area (Å²) in [6, 6.07) is 3.46. The lowest BCUT2D eigenvalue weighted by atomic mass is 9.97. The minimum Gasteiger partial charge on any atom is -0.399 e. The molecule has 1 saturated heterocycles. The molecule has 0 spiro atoms. The van der Waals surface area contributed by atoms with Crippen LogP contribution in [0, 0.1) is 10.1 Å². The fourth-order valence-electron chi connectivity index (χ4n) is 2.23. The number of nitrogens with one attached hydrogen (secondary N) is 1. The summed E-state index contributed by atoms with van der Waals surface area (Å²) >= 11 is 0. The molecule has 0 aromatic heterocycles. The van der Waals surface area contributed by atoms with E-state index in [1.165, 1.54) is 6.07 Å². The van der Waals surface area contributed by atoms with Crippen molar-refractivity contribution in [1.29, 1.82) is 0 Å². The molecule has 1 heterocycles. The molecule has 0 bridgehead atoms. The zero-order valence-electron chi connectivity index (χ0n) is 11.7. The van der Waals surface area contributed by atoms with Crippen LogP contribution in [0.2, 0.25) is 0 Å². The smallest absolute Gasteiger partial charge is 0.289 e. The first-order valence-corrected chi connectivity index (χ1v) is 7.83. The van der Waals surface area contributed by atoms with Crippen molar-refractivity contribution < 1.29 is 18.1 Å². The van der Waals surface area contributed by atoms with Gasteiger partial charge in [0, 0.05) is 18.4 Å². The molecule has 1 aliphatic rings. The van der Waals surface area contributed by atoms with Crippen molar-refractivity contribution in [1.82, 2.24) is 4.72 Å². The molecule has 0 saturated carbocycles. The number of sulfonamides is 1. The van der Waals surface area contributed by atoms with E-state index in [0.29, 0.717) is 13.0 Å². The van der Waals surface area contributed by atoms with E-state index in [-0.39, 0.29) is 11.8 Å². The van der Waals surface area contributed by atoms with Gasteiger partial charge in [-0.15, -0.1) is 0 Å². The predicted molar refractivity (Wildman–Crippen MR) is 76.3 cm³/mol. The number of benzene rings is 1. The lowest BCUT2D eigenvalue weighted by Gasteiger charge is -2.28. The standard InChI is InChI=1S/C12H17N3O5S/c1-8-12(2,5-6-20-8)14-21(18,19)11-7-9(13)3-4-10(11)15(16)17/h3-4,7-8,14H,5-6,13H2,1-2H3. The molecule has 1 aromatic rings. The SMILES string of the molecule is CC1OCCC1(C)NS(=O)(=O)c1cc(N)ccc1[N+](=O)[O-]. The van der Waals surface area contributed by atoms with E-state index in [1.54, 1.807) is 13.8 Å². The Morgan fingerprint density at radius 3 is 2.71 bits per heavy atom. The summed E-state index contributed by atoms with van der Waals surface area (Å²) in [6.45, 7) is 3.89. The third kappa shape index (κ3) is 2.99. The first-order valence-electron chi connectivity index (χ1n) is 6.35. The first-order chi connectivity index (χ1) is 9.66. The number of hydrogen-bond donors (Lipinski definition) is 2. The Bertz CT molecular complexity index is 675. The lowest BCUT2D eigenvalue weighted by molar-refractivity contribution is -0.387. The molecule has 0 radical (unpaired) electrons. The van der Waals surface area contributed by atoms with Gasteiger partial charge >= 0.3 is 0 Å². The molecule has 3 N–H and O–H groups in total. The Morgan fingerprint density at radius 1 is 1.52 bits per heavy atom. The van der Waals surface area contributed by atoms with Crippen molar-refractivity contribution in [2.45, 2.75) is 36.8 Å². The van der Waals surface area contributed by atoms with Crippen LogP contribution in [-0.2, 0) is 14.8 Å². The third-order valence-corrected chi connectivity index (χ3v) is 5.37. The van der Waals surface area contributed by atoms with Crippen LogP contribution in [0.25, 0.3) is 0 Å². The number of nitrogens with two attached hydrogens (primary N) is 1. The minimum atomic E-state index is -4.08. The first kappa shape index (κ1) is 15.7. The number of ether oxygens (including phenoxy) is 1. The molecule has 1 aliphatic heterocycles. The number of hydrogen-bond acceptors (Lipinski definition) is 6. The van der Waals surface area contributed by atoms with Crippen molar-refractivity contribution in [2.24, 2.45) is 0 Å². The highest BCUT2D eigenvalue weighted by Crippen LogP contribution is 2.31. The molecule has 9 heteroatoms. The number of nitrogens with zero attached hydrogens (tertiary/aromatic N) is 1. The molecule has 0 amide bonds. The summed E-state index contributed by atoms with van der Waals surface area (Å²) in [4.78, 5) is 9.83.